The Labute approximate surface area is 98.5 Å². The maximum Gasteiger partial charge on any atom is 0.0446 e. The quantitative estimate of drug-likeness (QED) is 0.689. The lowest BCUT2D eigenvalue weighted by molar-refractivity contribution is 0.392. The zero-order valence-electron chi connectivity index (χ0n) is 10.4. The van der Waals surface area contributed by atoms with Gasteiger partial charge in [-0.05, 0) is 44.7 Å². The number of anilines is 1. The van der Waals surface area contributed by atoms with Crippen LogP contribution in [-0.2, 0) is 6.42 Å². The van der Waals surface area contributed by atoms with Crippen molar-refractivity contribution >= 4 is 5.69 Å². The molecular formula is C15H21N. The Kier molecular flexibility index (Phi) is 2.24. The second kappa shape index (κ2) is 3.51. The van der Waals surface area contributed by atoms with Crippen molar-refractivity contribution in [3.63, 3.8) is 0 Å². The van der Waals surface area contributed by atoms with Crippen molar-refractivity contribution in [1.29, 1.82) is 0 Å². The molecule has 0 bridgehead atoms. The molecule has 1 heterocycles. The summed E-state index contributed by atoms with van der Waals surface area (Å²) in [5.74, 6) is 0. The molecule has 1 aliphatic carbocycles. The summed E-state index contributed by atoms with van der Waals surface area (Å²) in [5, 5.41) is 0. The third-order valence-corrected chi connectivity index (χ3v) is 4.33. The Morgan fingerprint density at radius 1 is 1.12 bits per heavy atom. The van der Waals surface area contributed by atoms with E-state index in [1.54, 1.807) is 5.56 Å². The van der Waals surface area contributed by atoms with Gasteiger partial charge in [0.2, 0.25) is 0 Å². The minimum Gasteiger partial charge on any atom is -0.363 e. The molecule has 0 N–H and O–H groups in total. The molecule has 1 saturated carbocycles. The van der Waals surface area contributed by atoms with Gasteiger partial charge in [-0.1, -0.05) is 31.0 Å². The lowest BCUT2D eigenvalue weighted by atomic mass is 9.91. The monoisotopic (exact) mass is 215 g/mol. The molecular weight excluding hydrogens is 194 g/mol. The van der Waals surface area contributed by atoms with Crippen molar-refractivity contribution < 1.29 is 0 Å². The Hall–Kier alpha value is -0.980. The van der Waals surface area contributed by atoms with E-state index in [0.717, 1.165) is 0 Å². The average molecular weight is 215 g/mol. The summed E-state index contributed by atoms with van der Waals surface area (Å²) in [7, 11) is 0. The molecule has 16 heavy (non-hydrogen) atoms. The van der Waals surface area contributed by atoms with E-state index in [1.165, 1.54) is 37.8 Å². The average Bonchev–Trinajstić information content (AvgIpc) is 2.82. The number of benzene rings is 1. The Morgan fingerprint density at radius 2 is 1.81 bits per heavy atom. The van der Waals surface area contributed by atoms with Crippen molar-refractivity contribution in [1.82, 2.24) is 0 Å². The molecule has 2 aliphatic rings. The second-order valence-corrected chi connectivity index (χ2v) is 5.70. The summed E-state index contributed by atoms with van der Waals surface area (Å²) in [6.07, 6.45) is 6.88. The molecule has 86 valence electrons. The van der Waals surface area contributed by atoms with Crippen molar-refractivity contribution in [2.45, 2.75) is 57.5 Å². The molecule has 1 nitrogen and oxygen atoms in total. The van der Waals surface area contributed by atoms with Crippen LogP contribution in [0.4, 0.5) is 5.69 Å². The SMILES string of the molecule is CC(C)N1c2ccccc2CC12CCCC2. The predicted octanol–water partition coefficient (Wildman–Crippen LogP) is 3.77. The lowest BCUT2D eigenvalue weighted by Crippen LogP contribution is -2.48. The van der Waals surface area contributed by atoms with Gasteiger partial charge in [0.25, 0.3) is 0 Å². The fraction of sp³-hybridized carbons (Fsp3) is 0.600. The highest BCUT2D eigenvalue weighted by atomic mass is 15.2. The van der Waals surface area contributed by atoms with E-state index < -0.39 is 0 Å². The summed E-state index contributed by atoms with van der Waals surface area (Å²) in [6.45, 7) is 4.67. The van der Waals surface area contributed by atoms with Crippen LogP contribution in [0.3, 0.4) is 0 Å². The first-order chi connectivity index (χ1) is 7.73. The van der Waals surface area contributed by atoms with Crippen molar-refractivity contribution in [3.8, 4) is 0 Å². The molecule has 1 aromatic rings. The molecule has 1 spiro atoms. The van der Waals surface area contributed by atoms with Crippen LogP contribution in [0.1, 0.15) is 45.1 Å². The number of hydrogen-bond donors (Lipinski definition) is 0. The Balaban J connectivity index is 2.07. The van der Waals surface area contributed by atoms with Crippen LogP contribution in [0, 0.1) is 0 Å². The van der Waals surface area contributed by atoms with Crippen LogP contribution < -0.4 is 4.90 Å². The van der Waals surface area contributed by atoms with Gasteiger partial charge in [0.15, 0.2) is 0 Å². The predicted molar refractivity (Wildman–Crippen MR) is 69.0 cm³/mol. The largest absolute Gasteiger partial charge is 0.363 e. The van der Waals surface area contributed by atoms with Gasteiger partial charge in [0.1, 0.15) is 0 Å². The summed E-state index contributed by atoms with van der Waals surface area (Å²) in [6, 6.07) is 9.62. The third kappa shape index (κ3) is 1.30. The van der Waals surface area contributed by atoms with E-state index in [1.807, 2.05) is 0 Å². The van der Waals surface area contributed by atoms with Crippen LogP contribution in [0.5, 0.6) is 0 Å². The molecule has 1 heteroatoms. The van der Waals surface area contributed by atoms with Gasteiger partial charge in [-0.3, -0.25) is 0 Å². The zero-order valence-corrected chi connectivity index (χ0v) is 10.4. The van der Waals surface area contributed by atoms with E-state index in [9.17, 15) is 0 Å². The van der Waals surface area contributed by atoms with Crippen LogP contribution >= 0.6 is 0 Å². The first-order valence-electron chi connectivity index (χ1n) is 6.60. The van der Waals surface area contributed by atoms with E-state index in [2.05, 4.69) is 43.0 Å². The highest BCUT2D eigenvalue weighted by Crippen LogP contribution is 2.48. The topological polar surface area (TPSA) is 3.24 Å². The third-order valence-electron chi connectivity index (χ3n) is 4.33. The molecule has 3 rings (SSSR count). The molecule has 0 unspecified atom stereocenters. The van der Waals surface area contributed by atoms with Gasteiger partial charge in [-0.2, -0.15) is 0 Å². The van der Waals surface area contributed by atoms with Crippen LogP contribution in [0.15, 0.2) is 24.3 Å². The number of fused-ring (bicyclic) bond motifs is 1. The standard InChI is InChI=1S/C15H21N/c1-12(2)16-14-8-4-3-7-13(14)11-15(16)9-5-6-10-15/h3-4,7-8,12H,5-6,9-11H2,1-2H3. The van der Waals surface area contributed by atoms with Gasteiger partial charge >= 0.3 is 0 Å². The minimum absolute atomic E-state index is 0.470. The highest BCUT2D eigenvalue weighted by Gasteiger charge is 2.45. The van der Waals surface area contributed by atoms with Crippen LogP contribution in [0.2, 0.25) is 0 Å². The van der Waals surface area contributed by atoms with Gasteiger partial charge < -0.3 is 4.90 Å². The number of para-hydroxylation sites is 1. The van der Waals surface area contributed by atoms with Crippen LogP contribution in [-0.4, -0.2) is 11.6 Å². The van der Waals surface area contributed by atoms with E-state index in [4.69, 9.17) is 0 Å². The molecule has 0 aromatic heterocycles. The zero-order chi connectivity index (χ0) is 11.2. The number of nitrogens with zero attached hydrogens (tertiary/aromatic N) is 1. The Bertz CT molecular complexity index is 388. The van der Waals surface area contributed by atoms with Crippen molar-refractivity contribution in [2.24, 2.45) is 0 Å². The highest BCUT2D eigenvalue weighted by molar-refractivity contribution is 5.62. The van der Waals surface area contributed by atoms with E-state index in [0.29, 0.717) is 11.6 Å². The maximum atomic E-state index is 2.70. The van der Waals surface area contributed by atoms with Gasteiger partial charge in [-0.25, -0.2) is 0 Å². The maximum absolute atomic E-state index is 2.70. The van der Waals surface area contributed by atoms with E-state index in [-0.39, 0.29) is 0 Å². The van der Waals surface area contributed by atoms with Gasteiger partial charge in [-0.15, -0.1) is 0 Å². The fourth-order valence-electron chi connectivity index (χ4n) is 3.87. The summed E-state index contributed by atoms with van der Waals surface area (Å²) >= 11 is 0. The number of rotatable bonds is 1. The smallest absolute Gasteiger partial charge is 0.0446 e. The fourth-order valence-corrected chi connectivity index (χ4v) is 3.87. The summed E-state index contributed by atoms with van der Waals surface area (Å²) in [5.41, 5.74) is 3.54. The molecule has 1 aliphatic heterocycles. The molecule has 0 atom stereocenters. The first kappa shape index (κ1) is 10.2. The van der Waals surface area contributed by atoms with Gasteiger partial charge in [0, 0.05) is 17.3 Å². The first-order valence-corrected chi connectivity index (χ1v) is 6.60. The lowest BCUT2D eigenvalue weighted by Gasteiger charge is -2.40. The molecule has 1 fully saturated rings. The summed E-state index contributed by atoms with van der Waals surface area (Å²) in [4.78, 5) is 2.70. The van der Waals surface area contributed by atoms with Gasteiger partial charge in [0.05, 0.1) is 0 Å². The van der Waals surface area contributed by atoms with Crippen LogP contribution in [0.25, 0.3) is 0 Å². The summed E-state index contributed by atoms with van der Waals surface area (Å²) < 4.78 is 0. The molecule has 0 radical (unpaired) electrons. The van der Waals surface area contributed by atoms with E-state index >= 15 is 0 Å². The normalized spacial score (nSPS) is 22.1. The van der Waals surface area contributed by atoms with Crippen molar-refractivity contribution in [2.75, 3.05) is 4.90 Å². The molecule has 0 saturated heterocycles. The number of hydrogen-bond acceptors (Lipinski definition) is 1. The second-order valence-electron chi connectivity index (χ2n) is 5.70. The minimum atomic E-state index is 0.470. The van der Waals surface area contributed by atoms with Crippen molar-refractivity contribution in [3.05, 3.63) is 29.8 Å². The molecule has 1 aromatic carbocycles. The molecule has 0 amide bonds. The Morgan fingerprint density at radius 3 is 2.50 bits per heavy atom.